The van der Waals surface area contributed by atoms with Crippen molar-refractivity contribution in [2.24, 2.45) is 161 Å². The van der Waals surface area contributed by atoms with Crippen molar-refractivity contribution in [3.05, 3.63) is 0 Å². The highest BCUT2D eigenvalue weighted by molar-refractivity contribution is 7.80. The van der Waals surface area contributed by atoms with Crippen LogP contribution in [0.2, 0.25) is 0 Å². The van der Waals surface area contributed by atoms with Crippen LogP contribution in [0, 0.1) is 29.6 Å². The number of ether oxygens (including phenoxy) is 2. The Balaban J connectivity index is 4.16. The van der Waals surface area contributed by atoms with Crippen LogP contribution in [0.15, 0.2) is 39.9 Å². The minimum absolute atomic E-state index is 0.00435. The SMILES string of the molecule is COCCOCCC(=O)N[C@H](CS)C(=O)C[C@H](CCCN=C(N)N)C(=O)N[C@H](CCCN=C(N)N)C(=O)C[C@H](CCCN=C(N)N)C(=O)N[C@H](CCCN=C(N)N)C(=O)C[C@H](CCCN=C(N)N)C(=O)N[C@H](CCCN=C(N)N)C(=O)C[C@H](CCCN=C(N)N)C(=O)N[C@H](CCCN=C(N)N)C(=O)N1CCC[C@H]1C(=O)N[C@@H](CC(C)C)C(=O)CCC(C)=O. The van der Waals surface area contributed by atoms with Crippen LogP contribution in [-0.2, 0) is 71.8 Å². The van der Waals surface area contributed by atoms with Crippen LogP contribution in [0.4, 0.5) is 0 Å². The normalized spacial score (nSPS) is 14.7. The van der Waals surface area contributed by atoms with E-state index in [1.54, 1.807) is 0 Å². The first-order valence-electron chi connectivity index (χ1n) is 41.5. The van der Waals surface area contributed by atoms with Gasteiger partial charge >= 0.3 is 0 Å². The first-order chi connectivity index (χ1) is 58.2. The van der Waals surface area contributed by atoms with Crippen LogP contribution in [0.5, 0.6) is 0 Å². The number of thiol groups is 1. The molecule has 7 amide bonds. The largest absolute Gasteiger partial charge is 0.382 e. The van der Waals surface area contributed by atoms with Crippen LogP contribution in [0.3, 0.4) is 0 Å². The summed E-state index contributed by atoms with van der Waals surface area (Å²) in [6.07, 6.45) is -1.63. The lowest BCUT2D eigenvalue weighted by molar-refractivity contribution is -0.143. The van der Waals surface area contributed by atoms with Crippen molar-refractivity contribution in [3.63, 3.8) is 0 Å². The molecule has 0 unspecified atom stereocenters. The highest BCUT2D eigenvalue weighted by Crippen LogP contribution is 2.26. The second kappa shape index (κ2) is 62.8. The lowest BCUT2D eigenvalue weighted by Crippen LogP contribution is -2.56. The number of carbonyl (C=O) groups is 13. The van der Waals surface area contributed by atoms with Crippen molar-refractivity contribution in [3.8, 4) is 0 Å². The number of nitrogens with zero attached hydrogens (tertiary/aromatic N) is 9. The Hall–Kier alpha value is -11.3. The predicted molar refractivity (Wildman–Crippen MR) is 474 cm³/mol. The highest BCUT2D eigenvalue weighted by atomic mass is 32.1. The second-order valence-corrected chi connectivity index (χ2v) is 30.9. The molecule has 696 valence electrons. The Bertz CT molecular complexity index is 3600. The molecule has 38 N–H and O–H groups in total. The number of methoxy groups -OCH3 is 1. The van der Waals surface area contributed by atoms with Crippen LogP contribution in [0.1, 0.15) is 188 Å². The van der Waals surface area contributed by atoms with Crippen LogP contribution < -0.4 is 124 Å². The summed E-state index contributed by atoms with van der Waals surface area (Å²) in [7, 11) is 1.49. The Morgan fingerprint density at radius 2 is 0.683 bits per heavy atom. The van der Waals surface area contributed by atoms with Gasteiger partial charge in [0.2, 0.25) is 41.4 Å². The third-order valence-electron chi connectivity index (χ3n) is 19.6. The molecule has 0 spiro atoms. The molecule has 1 aliphatic rings. The van der Waals surface area contributed by atoms with Gasteiger partial charge in [-0.3, -0.25) is 97.5 Å². The molecule has 1 rings (SSSR count). The number of ketones is 6. The number of nitrogens with one attached hydrogen (secondary N) is 6. The zero-order chi connectivity index (χ0) is 92.5. The number of amides is 7. The quantitative estimate of drug-likeness (QED) is 0.0117. The summed E-state index contributed by atoms with van der Waals surface area (Å²) in [5.41, 5.74) is 90.7. The van der Waals surface area contributed by atoms with Crippen molar-refractivity contribution < 1.29 is 71.8 Å². The van der Waals surface area contributed by atoms with Crippen molar-refractivity contribution in [1.82, 2.24) is 36.8 Å². The zero-order valence-corrected chi connectivity index (χ0v) is 72.7. The van der Waals surface area contributed by atoms with E-state index >= 15 is 28.8 Å². The first-order valence-corrected chi connectivity index (χ1v) is 42.2. The molecule has 1 heterocycles. The number of rotatable bonds is 69. The number of guanidine groups is 8. The number of hydrogen-bond donors (Lipinski definition) is 23. The molecule has 11 atom stereocenters. The Labute approximate surface area is 724 Å². The molecule has 0 saturated carbocycles. The summed E-state index contributed by atoms with van der Waals surface area (Å²) < 4.78 is 10.4. The minimum atomic E-state index is -1.45. The van der Waals surface area contributed by atoms with Crippen molar-refractivity contribution >= 4 is 136 Å². The van der Waals surface area contributed by atoms with Crippen molar-refractivity contribution in [2.75, 3.05) is 91.6 Å². The van der Waals surface area contributed by atoms with Crippen molar-refractivity contribution in [1.29, 1.82) is 0 Å². The van der Waals surface area contributed by atoms with Crippen LogP contribution >= 0.6 is 12.6 Å². The van der Waals surface area contributed by atoms with Gasteiger partial charge in [-0.05, 0) is 135 Å². The van der Waals surface area contributed by atoms with Crippen molar-refractivity contribution in [2.45, 2.75) is 230 Å². The van der Waals surface area contributed by atoms with E-state index in [9.17, 15) is 33.6 Å². The molecule has 47 heteroatoms. The summed E-state index contributed by atoms with van der Waals surface area (Å²) in [4.78, 5) is 221. The van der Waals surface area contributed by atoms with E-state index < -0.39 is 156 Å². The fourth-order valence-corrected chi connectivity index (χ4v) is 13.6. The van der Waals surface area contributed by atoms with E-state index in [1.165, 1.54) is 18.9 Å². The summed E-state index contributed by atoms with van der Waals surface area (Å²) in [5, 5.41) is 16.7. The van der Waals surface area contributed by atoms with Crippen LogP contribution in [0.25, 0.3) is 0 Å². The molecule has 0 aromatic heterocycles. The fraction of sp³-hybridized carbons (Fsp3) is 0.724. The number of nitrogens with two attached hydrogens (primary N) is 16. The standard InChI is InChI=1S/C76H141N31O15S/c1-44(2)38-54(57(109)24-23-45(3)108)106-67(119)56-22-13-34-107(56)68(120)53(21-12-33-100-76(91)92)105-66(118)48(16-7-28-95-71(81)82)41-60(112)52(20-11-32-99-75(89)90)103-64(116)46(14-5-26-93-69(77)78)39-58(110)50(18-9-30-97-73(85)86)102-63(115)47(15-6-27-94-70(79)80)40-59(111)51(19-10-31-98-74(87)88)104-65(117)49(17-8-29-96-72(83)84)42-61(113)55(43-123)101-62(114)25-35-122-37-36-121-4/h44,46-56,123H,5-43H2,1-4H3,(H,101,114)(H,102,115)(H,103,116)(H,104,117)(H,105,118)(H,106,119)(H4,77,78,93)(H4,79,80,94)(H4,81,82,95)(H4,83,84,96)(H4,85,86,97)(H4,87,88,98)(H4,89,90,99)(H4,91,92,100)/t46-,47-,48-,49-,50+,51+,52+,53+,54-,55+,56-/m0/s1. The van der Waals surface area contributed by atoms with Gasteiger partial charge in [0.1, 0.15) is 17.9 Å². The fourth-order valence-electron chi connectivity index (χ4n) is 13.3. The lowest BCUT2D eigenvalue weighted by Gasteiger charge is -2.31. The van der Waals surface area contributed by atoms with Gasteiger partial charge < -0.3 is 143 Å². The number of Topliss-reactive ketones (excluding diaryl/α,β-unsaturated/α-hetero) is 6. The van der Waals surface area contributed by atoms with E-state index in [0.29, 0.717) is 13.0 Å². The summed E-state index contributed by atoms with van der Waals surface area (Å²) in [5.74, 6) is -15.6. The van der Waals surface area contributed by atoms with Gasteiger partial charge in [0, 0.05) is 140 Å². The van der Waals surface area contributed by atoms with Gasteiger partial charge in [0.25, 0.3) is 0 Å². The summed E-state index contributed by atoms with van der Waals surface area (Å²) in [6.45, 7) is 5.58. The third kappa shape index (κ3) is 50.7. The third-order valence-corrected chi connectivity index (χ3v) is 20.0. The second-order valence-electron chi connectivity index (χ2n) is 30.5. The summed E-state index contributed by atoms with van der Waals surface area (Å²) >= 11 is 4.32. The Morgan fingerprint density at radius 1 is 0.374 bits per heavy atom. The monoisotopic (exact) mass is 1760 g/mol. The maximum Gasteiger partial charge on any atom is 0.245 e. The molecule has 0 bridgehead atoms. The van der Waals surface area contributed by atoms with Gasteiger partial charge in [-0.25, -0.2) is 0 Å². The molecule has 0 aromatic carbocycles. The van der Waals surface area contributed by atoms with E-state index in [2.05, 4.69) is 84.5 Å². The molecule has 1 aliphatic heterocycles. The van der Waals surface area contributed by atoms with Gasteiger partial charge in [-0.15, -0.1) is 0 Å². The molecular formula is C76H141N31O15S. The number of carbonyl (C=O) groups excluding carboxylic acids is 13. The van der Waals surface area contributed by atoms with E-state index in [0.717, 1.165) is 0 Å². The molecule has 1 saturated heterocycles. The van der Waals surface area contributed by atoms with E-state index in [4.69, 9.17) is 101 Å². The predicted octanol–water partition coefficient (Wildman–Crippen LogP) is -6.42. The molecule has 1 fully saturated rings. The molecule has 0 radical (unpaired) electrons. The molecule has 46 nitrogen and oxygen atoms in total. The molecule has 0 aliphatic carbocycles. The number of aliphatic imine (C=N–C) groups is 8. The Morgan fingerprint density at radius 3 is 0.984 bits per heavy atom. The maximum atomic E-state index is 15.3. The molecule has 0 aromatic rings. The number of hydrogen-bond acceptors (Lipinski definition) is 24. The Kier molecular flexibility index (Phi) is 56.0. The van der Waals surface area contributed by atoms with Gasteiger partial charge in [-0.2, -0.15) is 12.6 Å². The molecular weight excluding hydrogens is 1620 g/mol. The summed E-state index contributed by atoms with van der Waals surface area (Å²) in [6, 6.07) is -8.79. The maximum absolute atomic E-state index is 15.3. The first kappa shape index (κ1) is 110. The van der Waals surface area contributed by atoms with E-state index in [-0.39, 0.29) is 278 Å². The smallest absolute Gasteiger partial charge is 0.245 e. The molecule has 123 heavy (non-hydrogen) atoms. The topological polar surface area (TPSA) is 831 Å². The van der Waals surface area contributed by atoms with Gasteiger partial charge in [-0.1, -0.05) is 13.8 Å². The average Bonchev–Trinajstić information content (AvgIpc) is 0.970. The minimum Gasteiger partial charge on any atom is -0.382 e. The average molecular weight is 1760 g/mol. The van der Waals surface area contributed by atoms with Crippen LogP contribution in [-0.4, -0.2) is 263 Å². The lowest BCUT2D eigenvalue weighted by atomic mass is 9.88. The van der Waals surface area contributed by atoms with Gasteiger partial charge in [0.15, 0.2) is 76.6 Å². The number of likely N-dealkylation sites (tertiary alicyclic amines) is 1. The van der Waals surface area contributed by atoms with E-state index in [1.807, 2.05) is 13.8 Å². The zero-order valence-electron chi connectivity index (χ0n) is 71.8. The highest BCUT2D eigenvalue weighted by Gasteiger charge is 2.41. The van der Waals surface area contributed by atoms with Gasteiger partial charge in [0.05, 0.1) is 50.0 Å².